The molecule has 0 bridgehead atoms. The normalized spacial score (nSPS) is 14.8. The van der Waals surface area contributed by atoms with Crippen molar-refractivity contribution >= 4 is 39.3 Å². The lowest BCUT2D eigenvalue weighted by molar-refractivity contribution is -0.763. The SMILES string of the molecule is CCOc1ccc(Br)c([C@@H]2N(C(C)=O)c3ccccc3-c3c(=O)[nH]c(SC)n[n+]32)c1. The number of nitrogens with zero attached hydrogens (tertiary/aromatic N) is 3. The summed E-state index contributed by atoms with van der Waals surface area (Å²) in [6.07, 6.45) is 1.18. The number of amides is 1. The number of nitrogens with one attached hydrogen (secondary N) is 1. The van der Waals surface area contributed by atoms with Crippen LogP contribution in [0.4, 0.5) is 5.69 Å². The van der Waals surface area contributed by atoms with Crippen molar-refractivity contribution < 1.29 is 14.2 Å². The van der Waals surface area contributed by atoms with Crippen molar-refractivity contribution in [1.82, 2.24) is 10.1 Å². The third-order valence-corrected chi connectivity index (χ3v) is 6.14. The molecule has 3 aromatic rings. The predicted octanol–water partition coefficient (Wildman–Crippen LogP) is 3.52. The zero-order chi connectivity index (χ0) is 21.4. The molecule has 2 aromatic carbocycles. The zero-order valence-electron chi connectivity index (χ0n) is 16.7. The number of aromatic nitrogens is 3. The summed E-state index contributed by atoms with van der Waals surface area (Å²) in [4.78, 5) is 30.4. The van der Waals surface area contributed by atoms with Crippen LogP contribution in [0.25, 0.3) is 11.3 Å². The molecular formula is C21H20BrN4O3S+. The number of anilines is 1. The molecule has 0 radical (unpaired) electrons. The highest BCUT2D eigenvalue weighted by molar-refractivity contribution is 9.10. The summed E-state index contributed by atoms with van der Waals surface area (Å²) < 4.78 is 8.10. The highest BCUT2D eigenvalue weighted by Gasteiger charge is 2.45. The molecule has 1 aliphatic heterocycles. The number of carbonyl (C=O) groups excluding carboxylic acids is 1. The Hall–Kier alpha value is -2.65. The van der Waals surface area contributed by atoms with E-state index in [1.807, 2.05) is 55.6 Å². The molecule has 1 amide bonds. The molecule has 1 atom stereocenters. The van der Waals surface area contributed by atoms with Crippen LogP contribution in [0.15, 0.2) is 56.9 Å². The Bertz CT molecular complexity index is 1200. The average Bonchev–Trinajstić information content (AvgIpc) is 2.73. The van der Waals surface area contributed by atoms with Gasteiger partial charge in [0.25, 0.3) is 6.17 Å². The van der Waals surface area contributed by atoms with E-state index >= 15 is 0 Å². The second kappa shape index (κ2) is 8.23. The topological polar surface area (TPSA) is 79.2 Å². The maximum absolute atomic E-state index is 13.0. The average molecular weight is 488 g/mol. The molecule has 1 aliphatic rings. The van der Waals surface area contributed by atoms with Gasteiger partial charge in [0.2, 0.25) is 11.1 Å². The minimum absolute atomic E-state index is 0.160. The third kappa shape index (κ3) is 3.41. The second-order valence-electron chi connectivity index (χ2n) is 6.65. The summed E-state index contributed by atoms with van der Waals surface area (Å²) in [6, 6.07) is 13.0. The van der Waals surface area contributed by atoms with E-state index < -0.39 is 6.17 Å². The van der Waals surface area contributed by atoms with Gasteiger partial charge in [0, 0.05) is 16.5 Å². The first-order valence-corrected chi connectivity index (χ1v) is 11.4. The van der Waals surface area contributed by atoms with Crippen molar-refractivity contribution in [2.24, 2.45) is 0 Å². The lowest BCUT2D eigenvalue weighted by Gasteiger charge is -2.31. The van der Waals surface area contributed by atoms with E-state index in [-0.39, 0.29) is 11.5 Å². The predicted molar refractivity (Wildman–Crippen MR) is 119 cm³/mol. The highest BCUT2D eigenvalue weighted by Crippen LogP contribution is 2.39. The van der Waals surface area contributed by atoms with Gasteiger partial charge >= 0.3 is 11.3 Å². The molecule has 0 saturated carbocycles. The van der Waals surface area contributed by atoms with Gasteiger partial charge in [0.15, 0.2) is 0 Å². The fourth-order valence-corrected chi connectivity index (χ4v) is 4.48. The van der Waals surface area contributed by atoms with Crippen LogP contribution in [0, 0.1) is 0 Å². The molecule has 0 aliphatic carbocycles. The summed E-state index contributed by atoms with van der Waals surface area (Å²) in [5, 5.41) is 5.13. The molecular weight excluding hydrogens is 468 g/mol. The first-order chi connectivity index (χ1) is 14.5. The van der Waals surface area contributed by atoms with Crippen LogP contribution in [-0.2, 0) is 4.79 Å². The number of para-hydroxylation sites is 1. The number of carbonyl (C=O) groups is 1. The number of rotatable bonds is 4. The molecule has 0 saturated heterocycles. The Labute approximate surface area is 186 Å². The van der Waals surface area contributed by atoms with Gasteiger partial charge < -0.3 is 4.74 Å². The summed E-state index contributed by atoms with van der Waals surface area (Å²) in [7, 11) is 0. The Morgan fingerprint density at radius 1 is 1.33 bits per heavy atom. The third-order valence-electron chi connectivity index (χ3n) is 4.85. The minimum Gasteiger partial charge on any atom is -0.494 e. The maximum atomic E-state index is 13.0. The number of ether oxygens (including phenoxy) is 1. The van der Waals surface area contributed by atoms with E-state index in [4.69, 9.17) is 4.74 Å². The quantitative estimate of drug-likeness (QED) is 0.449. The summed E-state index contributed by atoms with van der Waals surface area (Å²) in [5.41, 5.74) is 2.23. The van der Waals surface area contributed by atoms with Crippen molar-refractivity contribution in [3.63, 3.8) is 0 Å². The van der Waals surface area contributed by atoms with Gasteiger partial charge in [0.1, 0.15) is 5.75 Å². The number of hydrogen-bond acceptors (Lipinski definition) is 5. The van der Waals surface area contributed by atoms with Crippen LogP contribution in [-0.4, -0.2) is 28.9 Å². The van der Waals surface area contributed by atoms with Crippen LogP contribution in [0.3, 0.4) is 0 Å². The largest absolute Gasteiger partial charge is 0.494 e. The van der Waals surface area contributed by atoms with Gasteiger partial charge in [-0.1, -0.05) is 39.8 Å². The lowest BCUT2D eigenvalue weighted by Crippen LogP contribution is -2.60. The van der Waals surface area contributed by atoms with Gasteiger partial charge in [-0.2, -0.15) is 0 Å². The Morgan fingerprint density at radius 2 is 2.10 bits per heavy atom. The van der Waals surface area contributed by atoms with E-state index in [2.05, 4.69) is 26.0 Å². The number of H-pyrrole nitrogens is 1. The van der Waals surface area contributed by atoms with Gasteiger partial charge in [0.05, 0.1) is 23.4 Å². The molecule has 1 aromatic heterocycles. The van der Waals surface area contributed by atoms with Crippen molar-refractivity contribution in [3.8, 4) is 17.0 Å². The molecule has 2 heterocycles. The fraction of sp³-hybridized carbons (Fsp3) is 0.238. The van der Waals surface area contributed by atoms with E-state index in [1.165, 1.54) is 18.7 Å². The standard InChI is InChI=1S/C21H19BrN4O3S/c1-4-29-13-9-10-16(22)15(11-13)20-25(12(2)27)17-8-6-5-7-14(17)18-19(28)23-21(30-3)24-26(18)20/h5-11,20H,4H2,1-3H3/p+1/t20-/m1/s1. The van der Waals surface area contributed by atoms with Gasteiger partial charge in [-0.3, -0.25) is 14.6 Å². The molecule has 0 unspecified atom stereocenters. The molecule has 0 spiro atoms. The van der Waals surface area contributed by atoms with Crippen LogP contribution in [0.2, 0.25) is 0 Å². The Morgan fingerprint density at radius 3 is 2.80 bits per heavy atom. The maximum Gasteiger partial charge on any atom is 0.325 e. The zero-order valence-corrected chi connectivity index (χ0v) is 19.1. The molecule has 0 fully saturated rings. The number of fused-ring (bicyclic) bond motifs is 3. The second-order valence-corrected chi connectivity index (χ2v) is 8.30. The first-order valence-electron chi connectivity index (χ1n) is 9.37. The number of aromatic amines is 1. The smallest absolute Gasteiger partial charge is 0.325 e. The number of hydrogen-bond donors (Lipinski definition) is 1. The number of halogens is 1. The molecule has 9 heteroatoms. The molecule has 154 valence electrons. The number of benzene rings is 2. The van der Waals surface area contributed by atoms with Crippen molar-refractivity contribution in [3.05, 3.63) is 62.9 Å². The lowest BCUT2D eigenvalue weighted by atomic mass is 10.0. The van der Waals surface area contributed by atoms with Crippen LogP contribution in [0.1, 0.15) is 25.6 Å². The van der Waals surface area contributed by atoms with E-state index in [1.54, 1.807) is 9.58 Å². The van der Waals surface area contributed by atoms with Gasteiger partial charge in [-0.15, -0.1) is 0 Å². The fourth-order valence-electron chi connectivity index (χ4n) is 3.66. The van der Waals surface area contributed by atoms with E-state index in [0.29, 0.717) is 34.5 Å². The van der Waals surface area contributed by atoms with Crippen LogP contribution < -0.4 is 19.9 Å². The monoisotopic (exact) mass is 487 g/mol. The molecule has 30 heavy (non-hydrogen) atoms. The summed E-state index contributed by atoms with van der Waals surface area (Å²) in [6.45, 7) is 3.94. The van der Waals surface area contributed by atoms with Crippen molar-refractivity contribution in [2.75, 3.05) is 17.8 Å². The number of thioether (sulfide) groups is 1. The van der Waals surface area contributed by atoms with Crippen LogP contribution in [0.5, 0.6) is 5.75 Å². The van der Waals surface area contributed by atoms with Crippen LogP contribution >= 0.6 is 27.7 Å². The van der Waals surface area contributed by atoms with Gasteiger partial charge in [-0.25, -0.2) is 4.90 Å². The van der Waals surface area contributed by atoms with E-state index in [0.717, 1.165) is 10.0 Å². The Balaban J connectivity index is 2.08. The minimum atomic E-state index is -0.657. The highest BCUT2D eigenvalue weighted by atomic mass is 79.9. The first kappa shape index (κ1) is 20.6. The molecule has 7 nitrogen and oxygen atoms in total. The van der Waals surface area contributed by atoms with Crippen molar-refractivity contribution in [1.29, 1.82) is 0 Å². The molecule has 4 rings (SSSR count). The molecule has 1 N–H and O–H groups in total. The summed E-state index contributed by atoms with van der Waals surface area (Å²) >= 11 is 4.95. The Kier molecular flexibility index (Phi) is 5.66. The van der Waals surface area contributed by atoms with Gasteiger partial charge in [-0.05, 0) is 48.2 Å². The van der Waals surface area contributed by atoms with E-state index in [9.17, 15) is 9.59 Å². The summed E-state index contributed by atoms with van der Waals surface area (Å²) in [5.74, 6) is 0.516. The van der Waals surface area contributed by atoms with Crippen molar-refractivity contribution in [2.45, 2.75) is 25.2 Å².